The highest BCUT2D eigenvalue weighted by Crippen LogP contribution is 2.31. The van der Waals surface area contributed by atoms with E-state index in [0.29, 0.717) is 29.2 Å². The summed E-state index contributed by atoms with van der Waals surface area (Å²) in [4.78, 5) is 17.4. The summed E-state index contributed by atoms with van der Waals surface area (Å²) in [6.45, 7) is 2.28. The van der Waals surface area contributed by atoms with Gasteiger partial charge in [-0.2, -0.15) is 0 Å². The van der Waals surface area contributed by atoms with E-state index in [0.717, 1.165) is 29.5 Å². The zero-order valence-corrected chi connectivity index (χ0v) is 17.4. The van der Waals surface area contributed by atoms with Crippen LogP contribution in [-0.4, -0.2) is 22.6 Å². The van der Waals surface area contributed by atoms with Gasteiger partial charge >= 0.3 is 0 Å². The summed E-state index contributed by atoms with van der Waals surface area (Å²) in [6.07, 6.45) is 3.89. The number of benzene rings is 2. The molecule has 0 unspecified atom stereocenters. The molecule has 1 aliphatic carbocycles. The number of hydrogen-bond acceptors (Lipinski definition) is 4. The molecular weight excluding hydrogens is 395 g/mol. The summed E-state index contributed by atoms with van der Waals surface area (Å²) in [6, 6.07) is 14.0. The summed E-state index contributed by atoms with van der Waals surface area (Å²) in [7, 11) is 0. The smallest absolute Gasteiger partial charge is 0.257 e. The molecule has 4 rings (SSSR count). The van der Waals surface area contributed by atoms with Crippen molar-refractivity contribution in [3.05, 3.63) is 82.8 Å². The van der Waals surface area contributed by atoms with Crippen LogP contribution in [0.4, 0.5) is 4.39 Å². The van der Waals surface area contributed by atoms with Crippen LogP contribution in [0.15, 0.2) is 54.7 Å². The van der Waals surface area contributed by atoms with Gasteiger partial charge in [0.1, 0.15) is 11.4 Å². The van der Waals surface area contributed by atoms with Crippen LogP contribution in [0.3, 0.4) is 0 Å². The average molecular weight is 420 g/mol. The van der Waals surface area contributed by atoms with Crippen molar-refractivity contribution in [1.82, 2.24) is 10.3 Å². The monoisotopic (exact) mass is 420 g/mol. The predicted molar refractivity (Wildman–Crippen MR) is 116 cm³/mol. The molecule has 6 heteroatoms. The molecule has 0 spiro atoms. The van der Waals surface area contributed by atoms with Gasteiger partial charge in [0.25, 0.3) is 5.91 Å². The van der Waals surface area contributed by atoms with Crippen molar-refractivity contribution in [2.45, 2.75) is 32.9 Å². The van der Waals surface area contributed by atoms with Crippen LogP contribution in [-0.2, 0) is 13.2 Å². The summed E-state index contributed by atoms with van der Waals surface area (Å²) in [5, 5.41) is 12.4. The molecule has 0 atom stereocenters. The minimum atomic E-state index is -0.387. The fourth-order valence-corrected chi connectivity index (χ4v) is 3.36. The Morgan fingerprint density at radius 3 is 2.74 bits per heavy atom. The number of carbonyl (C=O) groups excluding carboxylic acids is 1. The molecule has 0 bridgehead atoms. The number of aryl methyl sites for hydroxylation is 1. The number of halogens is 1. The summed E-state index contributed by atoms with van der Waals surface area (Å²) >= 11 is 0. The van der Waals surface area contributed by atoms with Gasteiger partial charge in [-0.1, -0.05) is 36.4 Å². The quantitative estimate of drug-likeness (QED) is 0.566. The molecule has 0 aliphatic heterocycles. The van der Waals surface area contributed by atoms with Crippen LogP contribution >= 0.6 is 0 Å². The zero-order valence-electron chi connectivity index (χ0n) is 17.4. The van der Waals surface area contributed by atoms with Crippen molar-refractivity contribution in [1.29, 1.82) is 0 Å². The lowest BCUT2D eigenvalue weighted by molar-refractivity contribution is 0.0945. The predicted octanol–water partition coefficient (Wildman–Crippen LogP) is 4.41. The van der Waals surface area contributed by atoms with Crippen LogP contribution in [0.2, 0.25) is 0 Å². The van der Waals surface area contributed by atoms with E-state index in [1.54, 1.807) is 18.3 Å². The number of ether oxygens (including phenoxy) is 1. The van der Waals surface area contributed by atoms with Gasteiger partial charge in [0.2, 0.25) is 5.88 Å². The maximum Gasteiger partial charge on any atom is 0.257 e. The molecule has 2 N–H and O–H groups in total. The molecule has 5 nitrogen and oxygen atoms in total. The van der Waals surface area contributed by atoms with Gasteiger partial charge in [-0.15, -0.1) is 0 Å². The molecule has 160 valence electrons. The van der Waals surface area contributed by atoms with E-state index in [1.165, 1.54) is 6.07 Å². The highest BCUT2D eigenvalue weighted by Gasteiger charge is 2.24. The van der Waals surface area contributed by atoms with Gasteiger partial charge in [0, 0.05) is 23.9 Å². The minimum absolute atomic E-state index is 0.0600. The summed E-state index contributed by atoms with van der Waals surface area (Å²) in [5.41, 5.74) is 3.76. The van der Waals surface area contributed by atoms with E-state index in [-0.39, 0.29) is 30.8 Å². The fourth-order valence-electron chi connectivity index (χ4n) is 3.36. The van der Waals surface area contributed by atoms with Crippen molar-refractivity contribution >= 4 is 5.91 Å². The number of carbonyl (C=O) groups is 1. The van der Waals surface area contributed by atoms with Gasteiger partial charge in [0.15, 0.2) is 0 Å². The number of nitrogens with one attached hydrogen (secondary N) is 1. The number of nitrogens with zero attached hydrogens (tertiary/aromatic N) is 1. The Bertz CT molecular complexity index is 1100. The van der Waals surface area contributed by atoms with E-state index < -0.39 is 0 Å². The molecule has 0 radical (unpaired) electrons. The number of pyridine rings is 1. The molecule has 3 aromatic rings. The highest BCUT2D eigenvalue weighted by molar-refractivity contribution is 5.97. The Labute approximate surface area is 180 Å². The lowest BCUT2D eigenvalue weighted by Gasteiger charge is -2.14. The second-order valence-corrected chi connectivity index (χ2v) is 7.92. The standard InChI is InChI=1S/C25H25FN2O3/c1-16-6-9-18(23(26)10-16)12-27-24(30)22-11-20(21-5-3-2-4-19(21)14-29)13-28-25(22)31-15-17-7-8-17/h2-6,9-11,13,17,29H,7-8,12,14-15H2,1H3,(H,27,30). The molecule has 1 aliphatic rings. The average Bonchev–Trinajstić information content (AvgIpc) is 3.61. The second-order valence-electron chi connectivity index (χ2n) is 7.92. The number of amides is 1. The number of aliphatic hydroxyl groups excluding tert-OH is 1. The fraction of sp³-hybridized carbons (Fsp3) is 0.280. The van der Waals surface area contributed by atoms with Crippen LogP contribution in [0.25, 0.3) is 11.1 Å². The molecule has 1 heterocycles. The summed E-state index contributed by atoms with van der Waals surface area (Å²) in [5.74, 6) is 0.0315. The van der Waals surface area contributed by atoms with Gasteiger partial charge < -0.3 is 15.2 Å². The zero-order chi connectivity index (χ0) is 21.8. The third-order valence-corrected chi connectivity index (χ3v) is 5.40. The molecule has 2 aromatic carbocycles. The topological polar surface area (TPSA) is 71.5 Å². The van der Waals surface area contributed by atoms with Gasteiger partial charge in [-0.25, -0.2) is 9.37 Å². The molecule has 31 heavy (non-hydrogen) atoms. The Morgan fingerprint density at radius 2 is 2.00 bits per heavy atom. The minimum Gasteiger partial charge on any atom is -0.477 e. The lowest BCUT2D eigenvalue weighted by Crippen LogP contribution is -2.24. The lowest BCUT2D eigenvalue weighted by atomic mass is 10.00. The first kappa shape index (κ1) is 21.0. The van der Waals surface area contributed by atoms with Crippen LogP contribution in [0.1, 0.15) is 39.9 Å². The van der Waals surface area contributed by atoms with Gasteiger partial charge in [-0.05, 0) is 54.5 Å². The Kier molecular flexibility index (Phi) is 6.28. The highest BCUT2D eigenvalue weighted by atomic mass is 19.1. The first-order valence-electron chi connectivity index (χ1n) is 10.4. The van der Waals surface area contributed by atoms with Crippen molar-refractivity contribution in [3.63, 3.8) is 0 Å². The van der Waals surface area contributed by atoms with E-state index in [2.05, 4.69) is 10.3 Å². The molecule has 1 saturated carbocycles. The van der Waals surface area contributed by atoms with E-state index >= 15 is 0 Å². The third kappa shape index (κ3) is 5.09. The number of aliphatic hydroxyl groups is 1. The Hall–Kier alpha value is -3.25. The molecular formula is C25H25FN2O3. The summed E-state index contributed by atoms with van der Waals surface area (Å²) < 4.78 is 20.0. The van der Waals surface area contributed by atoms with Crippen molar-refractivity contribution in [3.8, 4) is 17.0 Å². The molecule has 0 saturated heterocycles. The maximum absolute atomic E-state index is 14.2. The molecule has 1 aromatic heterocycles. The number of aromatic nitrogens is 1. The SMILES string of the molecule is Cc1ccc(CNC(=O)c2cc(-c3ccccc3CO)cnc2OCC2CC2)c(F)c1. The van der Waals surface area contributed by atoms with Crippen molar-refractivity contribution < 1.29 is 19.0 Å². The van der Waals surface area contributed by atoms with Crippen molar-refractivity contribution in [2.24, 2.45) is 5.92 Å². The largest absolute Gasteiger partial charge is 0.477 e. The number of hydrogen-bond donors (Lipinski definition) is 2. The van der Waals surface area contributed by atoms with E-state index in [4.69, 9.17) is 4.74 Å². The molecule has 1 fully saturated rings. The third-order valence-electron chi connectivity index (χ3n) is 5.40. The van der Waals surface area contributed by atoms with Crippen LogP contribution in [0.5, 0.6) is 5.88 Å². The number of rotatable bonds is 8. The van der Waals surface area contributed by atoms with Gasteiger partial charge in [-0.3, -0.25) is 4.79 Å². The van der Waals surface area contributed by atoms with Crippen molar-refractivity contribution in [2.75, 3.05) is 6.61 Å². The maximum atomic E-state index is 14.2. The Balaban J connectivity index is 1.61. The van der Waals surface area contributed by atoms with Crippen LogP contribution < -0.4 is 10.1 Å². The Morgan fingerprint density at radius 1 is 1.19 bits per heavy atom. The van der Waals surface area contributed by atoms with Crippen LogP contribution in [0, 0.1) is 18.7 Å². The van der Waals surface area contributed by atoms with E-state index in [1.807, 2.05) is 37.3 Å². The normalized spacial score (nSPS) is 13.1. The first-order chi connectivity index (χ1) is 15.0. The molecule has 1 amide bonds. The van der Waals surface area contributed by atoms with Gasteiger partial charge in [0.05, 0.1) is 13.2 Å². The second kappa shape index (κ2) is 9.27. The van der Waals surface area contributed by atoms with E-state index in [9.17, 15) is 14.3 Å². The first-order valence-corrected chi connectivity index (χ1v) is 10.4.